The molecule has 1 unspecified atom stereocenters. The maximum absolute atomic E-state index is 12.5. The van der Waals surface area contributed by atoms with Crippen molar-refractivity contribution in [1.82, 2.24) is 20.3 Å². The van der Waals surface area contributed by atoms with E-state index >= 15 is 0 Å². The van der Waals surface area contributed by atoms with Gasteiger partial charge in [0.15, 0.2) is 0 Å². The van der Waals surface area contributed by atoms with Gasteiger partial charge in [0.25, 0.3) is 0 Å². The number of aromatic nitrogens is 3. The van der Waals surface area contributed by atoms with Crippen molar-refractivity contribution in [2.24, 2.45) is 7.05 Å². The van der Waals surface area contributed by atoms with Crippen molar-refractivity contribution < 1.29 is 13.2 Å². The summed E-state index contributed by atoms with van der Waals surface area (Å²) in [6, 6.07) is -1.70. The van der Waals surface area contributed by atoms with Crippen molar-refractivity contribution in [1.29, 1.82) is 0 Å². The Balaban J connectivity index is 2.95. The predicted octanol–water partition coefficient (Wildman–Crippen LogP) is 1.03. The molecule has 0 fully saturated rings. The highest BCUT2D eigenvalue weighted by Gasteiger charge is 2.42. The lowest BCUT2D eigenvalue weighted by molar-refractivity contribution is -0.159. The van der Waals surface area contributed by atoms with Crippen LogP contribution >= 0.6 is 0 Å². The van der Waals surface area contributed by atoms with Gasteiger partial charge in [-0.15, -0.1) is 5.10 Å². The van der Waals surface area contributed by atoms with E-state index < -0.39 is 12.2 Å². The van der Waals surface area contributed by atoms with Crippen LogP contribution in [-0.2, 0) is 7.05 Å². The summed E-state index contributed by atoms with van der Waals surface area (Å²) in [6.07, 6.45) is -3.22. The van der Waals surface area contributed by atoms with Gasteiger partial charge in [-0.25, -0.2) is 0 Å². The molecule has 0 aliphatic heterocycles. The van der Waals surface area contributed by atoms with Crippen molar-refractivity contribution in [2.75, 3.05) is 6.54 Å². The first-order chi connectivity index (χ1) is 6.46. The van der Waals surface area contributed by atoms with Crippen molar-refractivity contribution in [2.45, 2.75) is 19.1 Å². The van der Waals surface area contributed by atoms with E-state index in [2.05, 4.69) is 15.6 Å². The van der Waals surface area contributed by atoms with Gasteiger partial charge in [-0.1, -0.05) is 12.1 Å². The van der Waals surface area contributed by atoms with Gasteiger partial charge in [0.1, 0.15) is 6.04 Å². The van der Waals surface area contributed by atoms with E-state index in [1.807, 2.05) is 0 Å². The first-order valence-electron chi connectivity index (χ1n) is 4.11. The molecule has 7 heteroatoms. The van der Waals surface area contributed by atoms with E-state index in [-0.39, 0.29) is 12.2 Å². The SMILES string of the molecule is CCNC(c1cnnn1C)C(F)(F)F. The third-order valence-electron chi connectivity index (χ3n) is 1.78. The largest absolute Gasteiger partial charge is 0.409 e. The number of hydrogen-bond acceptors (Lipinski definition) is 3. The standard InChI is InChI=1S/C7H11F3N4/c1-3-11-6(7(8,9)10)5-4-12-13-14(5)2/h4,6,11H,3H2,1-2H3. The lowest BCUT2D eigenvalue weighted by atomic mass is 10.2. The Morgan fingerprint density at radius 1 is 1.57 bits per heavy atom. The fraction of sp³-hybridized carbons (Fsp3) is 0.714. The highest BCUT2D eigenvalue weighted by atomic mass is 19.4. The number of hydrogen-bond donors (Lipinski definition) is 1. The molecule has 1 aromatic rings. The van der Waals surface area contributed by atoms with Crippen molar-refractivity contribution in [3.63, 3.8) is 0 Å². The Bertz CT molecular complexity index is 293. The normalized spacial score (nSPS) is 14.4. The van der Waals surface area contributed by atoms with Crippen molar-refractivity contribution in [3.8, 4) is 0 Å². The van der Waals surface area contributed by atoms with Crippen LogP contribution in [0.1, 0.15) is 18.7 Å². The molecule has 0 radical (unpaired) electrons. The minimum Gasteiger partial charge on any atom is -0.301 e. The summed E-state index contributed by atoms with van der Waals surface area (Å²) < 4.78 is 38.7. The molecular formula is C7H11F3N4. The topological polar surface area (TPSA) is 42.7 Å². The highest BCUT2D eigenvalue weighted by molar-refractivity contribution is 5.04. The molecule has 0 aromatic carbocycles. The van der Waals surface area contributed by atoms with Gasteiger partial charge in [-0.05, 0) is 6.54 Å². The quantitative estimate of drug-likeness (QED) is 0.806. The Labute approximate surface area is 79.1 Å². The molecule has 1 atom stereocenters. The van der Waals surface area contributed by atoms with Crippen LogP contribution in [0.25, 0.3) is 0 Å². The number of nitrogens with zero attached hydrogens (tertiary/aromatic N) is 3. The van der Waals surface area contributed by atoms with E-state index in [0.29, 0.717) is 0 Å². The van der Waals surface area contributed by atoms with Crippen molar-refractivity contribution >= 4 is 0 Å². The van der Waals surface area contributed by atoms with Crippen LogP contribution in [0.3, 0.4) is 0 Å². The number of halogens is 3. The number of nitrogens with one attached hydrogen (secondary N) is 1. The zero-order chi connectivity index (χ0) is 10.8. The average Bonchev–Trinajstić information content (AvgIpc) is 2.45. The first-order valence-corrected chi connectivity index (χ1v) is 4.11. The lowest BCUT2D eigenvalue weighted by Gasteiger charge is -2.20. The minimum absolute atomic E-state index is 0.0133. The molecular weight excluding hydrogens is 197 g/mol. The summed E-state index contributed by atoms with van der Waals surface area (Å²) in [4.78, 5) is 0. The van der Waals surface area contributed by atoms with Crippen LogP contribution in [0.5, 0.6) is 0 Å². The van der Waals surface area contributed by atoms with Gasteiger partial charge in [0.2, 0.25) is 0 Å². The van der Waals surface area contributed by atoms with Crippen molar-refractivity contribution in [3.05, 3.63) is 11.9 Å². The van der Waals surface area contributed by atoms with Crippen LogP contribution in [-0.4, -0.2) is 27.7 Å². The highest BCUT2D eigenvalue weighted by Crippen LogP contribution is 2.31. The molecule has 1 rings (SSSR count). The summed E-state index contributed by atoms with van der Waals surface area (Å²) in [7, 11) is 1.43. The molecule has 0 aliphatic rings. The molecule has 0 aliphatic carbocycles. The first kappa shape index (κ1) is 11.0. The predicted molar refractivity (Wildman–Crippen MR) is 43.5 cm³/mol. The van der Waals surface area contributed by atoms with Gasteiger partial charge >= 0.3 is 6.18 Å². The summed E-state index contributed by atoms with van der Waals surface area (Å²) >= 11 is 0. The van der Waals surface area contributed by atoms with Gasteiger partial charge in [-0.2, -0.15) is 13.2 Å². The molecule has 80 valence electrons. The van der Waals surface area contributed by atoms with Gasteiger partial charge < -0.3 is 5.32 Å². The Hall–Kier alpha value is -1.11. The fourth-order valence-electron chi connectivity index (χ4n) is 1.15. The van der Waals surface area contributed by atoms with Gasteiger partial charge in [0, 0.05) is 7.05 Å². The average molecular weight is 208 g/mol. The number of aryl methyl sites for hydroxylation is 1. The summed E-state index contributed by atoms with van der Waals surface area (Å²) in [5.41, 5.74) is 0.0133. The van der Waals surface area contributed by atoms with Crippen LogP contribution in [0.15, 0.2) is 6.20 Å². The van der Waals surface area contributed by atoms with Gasteiger partial charge in [0.05, 0.1) is 11.9 Å². The Kier molecular flexibility index (Phi) is 3.10. The van der Waals surface area contributed by atoms with Crippen LogP contribution in [0, 0.1) is 0 Å². The van der Waals surface area contributed by atoms with Crippen LogP contribution < -0.4 is 5.32 Å². The van der Waals surface area contributed by atoms with E-state index in [1.54, 1.807) is 6.92 Å². The van der Waals surface area contributed by atoms with Crippen LogP contribution in [0.4, 0.5) is 13.2 Å². The second-order valence-electron chi connectivity index (χ2n) is 2.81. The second-order valence-corrected chi connectivity index (χ2v) is 2.81. The maximum atomic E-state index is 12.5. The Morgan fingerprint density at radius 3 is 2.57 bits per heavy atom. The molecule has 14 heavy (non-hydrogen) atoms. The molecule has 1 aromatic heterocycles. The lowest BCUT2D eigenvalue weighted by Crippen LogP contribution is -2.35. The summed E-state index contributed by atoms with van der Waals surface area (Å²) in [6.45, 7) is 1.85. The fourth-order valence-corrected chi connectivity index (χ4v) is 1.15. The third kappa shape index (κ3) is 2.22. The van der Waals surface area contributed by atoms with Crippen LogP contribution in [0.2, 0.25) is 0 Å². The minimum atomic E-state index is -4.33. The molecule has 0 amide bonds. The second kappa shape index (κ2) is 3.95. The maximum Gasteiger partial charge on any atom is 0.409 e. The molecule has 1 N–H and O–H groups in total. The van der Waals surface area contributed by atoms with E-state index in [4.69, 9.17) is 0 Å². The number of alkyl halides is 3. The van der Waals surface area contributed by atoms with E-state index in [0.717, 1.165) is 10.9 Å². The number of rotatable bonds is 3. The smallest absolute Gasteiger partial charge is 0.301 e. The zero-order valence-electron chi connectivity index (χ0n) is 7.84. The molecule has 1 heterocycles. The van der Waals surface area contributed by atoms with E-state index in [9.17, 15) is 13.2 Å². The Morgan fingerprint density at radius 2 is 2.21 bits per heavy atom. The van der Waals surface area contributed by atoms with Gasteiger partial charge in [-0.3, -0.25) is 4.68 Å². The molecule has 4 nitrogen and oxygen atoms in total. The van der Waals surface area contributed by atoms with E-state index in [1.165, 1.54) is 7.05 Å². The third-order valence-corrected chi connectivity index (χ3v) is 1.78. The molecule has 0 saturated carbocycles. The molecule has 0 bridgehead atoms. The monoisotopic (exact) mass is 208 g/mol. The summed E-state index contributed by atoms with van der Waals surface area (Å²) in [5, 5.41) is 9.21. The zero-order valence-corrected chi connectivity index (χ0v) is 7.84. The molecule has 0 spiro atoms. The summed E-state index contributed by atoms with van der Waals surface area (Å²) in [5.74, 6) is 0. The molecule has 0 saturated heterocycles.